The summed E-state index contributed by atoms with van der Waals surface area (Å²) in [4.78, 5) is 29.6. The Balaban J connectivity index is 1.97. The van der Waals surface area contributed by atoms with E-state index in [1.165, 1.54) is 4.90 Å². The minimum atomic E-state index is -0.202. The Kier molecular flexibility index (Phi) is 3.31. The number of carbonyl (C=O) groups excluding carboxylic acids is 2. The summed E-state index contributed by atoms with van der Waals surface area (Å²) < 4.78 is 0. The zero-order chi connectivity index (χ0) is 12.4. The Bertz CT molecular complexity index is 390. The lowest BCUT2D eigenvalue weighted by molar-refractivity contribution is -0.138. The van der Waals surface area contributed by atoms with Gasteiger partial charge in [0.2, 0.25) is 11.8 Å². The van der Waals surface area contributed by atoms with Gasteiger partial charge in [0, 0.05) is 31.6 Å². The molecule has 17 heavy (non-hydrogen) atoms. The molecule has 2 aliphatic rings. The molecule has 2 heterocycles. The van der Waals surface area contributed by atoms with E-state index < -0.39 is 0 Å². The lowest BCUT2D eigenvalue weighted by Crippen LogP contribution is -2.42. The highest BCUT2D eigenvalue weighted by Crippen LogP contribution is 2.32. The number of fused-ring (bicyclic) bond motifs is 1. The van der Waals surface area contributed by atoms with Crippen LogP contribution in [0.4, 0.5) is 0 Å². The van der Waals surface area contributed by atoms with Crippen LogP contribution in [0.2, 0.25) is 0 Å². The lowest BCUT2D eigenvalue weighted by atomic mass is 9.88. The maximum Gasteiger partial charge on any atom is 0.234 e. The number of rotatable bonds is 3. The third-order valence-electron chi connectivity index (χ3n) is 3.57. The van der Waals surface area contributed by atoms with Crippen LogP contribution < -0.4 is 0 Å². The predicted molar refractivity (Wildman–Crippen MR) is 59.8 cm³/mol. The van der Waals surface area contributed by atoms with Crippen LogP contribution in [0.1, 0.15) is 6.42 Å². The number of hydrogen-bond donors (Lipinski definition) is 0. The normalized spacial score (nSPS) is 29.1. The third-order valence-corrected chi connectivity index (χ3v) is 3.57. The van der Waals surface area contributed by atoms with Gasteiger partial charge in [0.05, 0.1) is 11.8 Å². The molecule has 0 aromatic heterocycles. The van der Waals surface area contributed by atoms with Gasteiger partial charge in [-0.15, -0.1) is 0 Å². The molecule has 2 aliphatic heterocycles. The quantitative estimate of drug-likeness (QED) is 0.304. The second-order valence-corrected chi connectivity index (χ2v) is 4.49. The lowest BCUT2D eigenvalue weighted by Gasteiger charge is -2.31. The molecule has 0 bridgehead atoms. The molecule has 0 radical (unpaired) electrons. The fourth-order valence-electron chi connectivity index (χ4n) is 2.61. The van der Waals surface area contributed by atoms with Gasteiger partial charge in [0.1, 0.15) is 0 Å². The zero-order valence-corrected chi connectivity index (χ0v) is 9.74. The SMILES string of the molecule is CN1C(=O)[C@H]2CN(CCN=[N+]=[N-])CC[C@H]2C1=O. The average Bonchev–Trinajstić information content (AvgIpc) is 2.55. The fraction of sp³-hybridized carbons (Fsp3) is 0.800. The van der Waals surface area contributed by atoms with Crippen LogP contribution in [0.15, 0.2) is 5.11 Å². The topological polar surface area (TPSA) is 89.4 Å². The summed E-state index contributed by atoms with van der Waals surface area (Å²) in [5.41, 5.74) is 8.19. The largest absolute Gasteiger partial charge is 0.302 e. The van der Waals surface area contributed by atoms with Crippen molar-refractivity contribution in [1.82, 2.24) is 9.80 Å². The highest BCUT2D eigenvalue weighted by molar-refractivity contribution is 6.05. The van der Waals surface area contributed by atoms with Crippen LogP contribution in [0, 0.1) is 11.8 Å². The summed E-state index contributed by atoms with van der Waals surface area (Å²) in [6.45, 7) is 2.44. The van der Waals surface area contributed by atoms with E-state index in [0.717, 1.165) is 13.0 Å². The van der Waals surface area contributed by atoms with Crippen molar-refractivity contribution < 1.29 is 9.59 Å². The standard InChI is InChI=1S/C10H15N5O2/c1-14-9(16)7-2-4-15(5-3-12-13-11)6-8(7)10(14)17/h7-8H,2-6H2,1H3/t7-,8+/m1/s1. The molecule has 0 aromatic carbocycles. The molecule has 2 amide bonds. The molecule has 2 fully saturated rings. The fourth-order valence-corrected chi connectivity index (χ4v) is 2.61. The molecule has 0 unspecified atom stereocenters. The van der Waals surface area contributed by atoms with Gasteiger partial charge in [0.25, 0.3) is 0 Å². The molecule has 2 rings (SSSR count). The number of azide groups is 1. The molecule has 7 nitrogen and oxygen atoms in total. The van der Waals surface area contributed by atoms with E-state index in [9.17, 15) is 9.59 Å². The number of likely N-dealkylation sites (tertiary alicyclic amines) is 2. The Morgan fingerprint density at radius 1 is 1.41 bits per heavy atom. The van der Waals surface area contributed by atoms with Gasteiger partial charge >= 0.3 is 0 Å². The van der Waals surface area contributed by atoms with E-state index >= 15 is 0 Å². The van der Waals surface area contributed by atoms with Gasteiger partial charge in [-0.2, -0.15) is 0 Å². The molecule has 7 heteroatoms. The molecule has 2 atom stereocenters. The zero-order valence-electron chi connectivity index (χ0n) is 9.74. The van der Waals surface area contributed by atoms with Crippen molar-refractivity contribution in [2.24, 2.45) is 17.0 Å². The molecular formula is C10H15N5O2. The molecule has 0 spiro atoms. The molecule has 2 saturated heterocycles. The van der Waals surface area contributed by atoms with Gasteiger partial charge in [-0.05, 0) is 18.5 Å². The van der Waals surface area contributed by atoms with Crippen LogP contribution >= 0.6 is 0 Å². The highest BCUT2D eigenvalue weighted by Gasteiger charge is 2.47. The smallest absolute Gasteiger partial charge is 0.234 e. The van der Waals surface area contributed by atoms with Crippen molar-refractivity contribution in [2.75, 3.05) is 33.2 Å². The summed E-state index contributed by atoms with van der Waals surface area (Å²) in [5.74, 6) is -0.460. The summed E-state index contributed by atoms with van der Waals surface area (Å²) in [7, 11) is 1.55. The van der Waals surface area contributed by atoms with Crippen LogP contribution in [-0.2, 0) is 9.59 Å². The molecule has 92 valence electrons. The van der Waals surface area contributed by atoms with Crippen molar-refractivity contribution in [2.45, 2.75) is 6.42 Å². The second kappa shape index (κ2) is 4.73. The van der Waals surface area contributed by atoms with E-state index in [0.29, 0.717) is 19.6 Å². The van der Waals surface area contributed by atoms with Gasteiger partial charge in [-0.25, -0.2) is 0 Å². The Hall–Kier alpha value is -1.59. The van der Waals surface area contributed by atoms with Gasteiger partial charge in [0.15, 0.2) is 0 Å². The van der Waals surface area contributed by atoms with Crippen LogP contribution in [-0.4, -0.2) is 54.8 Å². The van der Waals surface area contributed by atoms with Crippen molar-refractivity contribution in [1.29, 1.82) is 0 Å². The second-order valence-electron chi connectivity index (χ2n) is 4.49. The number of imide groups is 1. The first-order valence-corrected chi connectivity index (χ1v) is 5.69. The average molecular weight is 237 g/mol. The van der Waals surface area contributed by atoms with Gasteiger partial charge < -0.3 is 4.90 Å². The van der Waals surface area contributed by atoms with Gasteiger partial charge in [-0.1, -0.05) is 5.11 Å². The number of piperidine rings is 1. The molecule has 0 saturated carbocycles. The first kappa shape index (κ1) is 11.9. The van der Waals surface area contributed by atoms with Crippen molar-refractivity contribution in [3.63, 3.8) is 0 Å². The minimum Gasteiger partial charge on any atom is -0.302 e. The van der Waals surface area contributed by atoms with Crippen LogP contribution in [0.25, 0.3) is 10.4 Å². The van der Waals surface area contributed by atoms with E-state index in [1.54, 1.807) is 7.05 Å². The maximum absolute atomic E-state index is 11.8. The van der Waals surface area contributed by atoms with Crippen molar-refractivity contribution >= 4 is 11.8 Å². The third kappa shape index (κ3) is 2.11. The molecular weight excluding hydrogens is 222 g/mol. The summed E-state index contributed by atoms with van der Waals surface area (Å²) >= 11 is 0. The van der Waals surface area contributed by atoms with Crippen molar-refractivity contribution in [3.8, 4) is 0 Å². The van der Waals surface area contributed by atoms with Gasteiger partial charge in [-0.3, -0.25) is 14.5 Å². The van der Waals surface area contributed by atoms with E-state index in [2.05, 4.69) is 14.9 Å². The van der Waals surface area contributed by atoms with E-state index in [-0.39, 0.29) is 23.7 Å². The molecule has 0 aromatic rings. The maximum atomic E-state index is 11.8. The van der Waals surface area contributed by atoms with Crippen LogP contribution in [0.5, 0.6) is 0 Å². The van der Waals surface area contributed by atoms with E-state index in [1.807, 2.05) is 0 Å². The Labute approximate surface area is 99.0 Å². The number of carbonyl (C=O) groups is 2. The number of nitrogens with zero attached hydrogens (tertiary/aromatic N) is 5. The highest BCUT2D eigenvalue weighted by atomic mass is 16.2. The predicted octanol–water partition coefficient (Wildman–Crippen LogP) is 0.233. The summed E-state index contributed by atoms with van der Waals surface area (Å²) in [6, 6.07) is 0. The Morgan fingerprint density at radius 3 is 2.82 bits per heavy atom. The number of amides is 2. The Morgan fingerprint density at radius 2 is 2.12 bits per heavy atom. The molecule has 0 N–H and O–H groups in total. The first-order valence-electron chi connectivity index (χ1n) is 5.69. The first-order chi connectivity index (χ1) is 8.15. The van der Waals surface area contributed by atoms with Crippen molar-refractivity contribution in [3.05, 3.63) is 10.4 Å². The minimum absolute atomic E-state index is 0.0466. The monoisotopic (exact) mass is 237 g/mol. The molecule has 0 aliphatic carbocycles. The van der Waals surface area contributed by atoms with E-state index in [4.69, 9.17) is 5.53 Å². The summed E-state index contributed by atoms with van der Waals surface area (Å²) in [5, 5.41) is 3.48. The van der Waals surface area contributed by atoms with Crippen LogP contribution in [0.3, 0.4) is 0 Å². The number of hydrogen-bond acceptors (Lipinski definition) is 4. The summed E-state index contributed by atoms with van der Waals surface area (Å²) in [6.07, 6.45) is 0.718.